The lowest BCUT2D eigenvalue weighted by Gasteiger charge is -2.06. The Labute approximate surface area is 92.9 Å². The summed E-state index contributed by atoms with van der Waals surface area (Å²) in [4.78, 5) is 11.2. The van der Waals surface area contributed by atoms with Crippen molar-refractivity contribution in [3.8, 4) is 0 Å². The Morgan fingerprint density at radius 1 is 1.47 bits per heavy atom. The third-order valence-electron chi connectivity index (χ3n) is 1.98. The molecule has 0 aromatic rings. The van der Waals surface area contributed by atoms with E-state index in [1.54, 1.807) is 6.92 Å². The minimum Gasteiger partial charge on any atom is -0.463 e. The number of carbonyl (C=O) groups excluding carboxylic acids is 1. The van der Waals surface area contributed by atoms with Gasteiger partial charge >= 0.3 is 5.97 Å². The van der Waals surface area contributed by atoms with Crippen molar-refractivity contribution in [2.75, 3.05) is 13.2 Å². The van der Waals surface area contributed by atoms with Crippen molar-refractivity contribution in [2.45, 2.75) is 46.6 Å². The minimum absolute atomic E-state index is 0.200. The molecule has 0 aliphatic heterocycles. The van der Waals surface area contributed by atoms with E-state index in [2.05, 4.69) is 19.2 Å². The van der Waals surface area contributed by atoms with Gasteiger partial charge in [-0.2, -0.15) is 0 Å². The molecule has 0 aromatic heterocycles. The first kappa shape index (κ1) is 14.2. The summed E-state index contributed by atoms with van der Waals surface area (Å²) < 4.78 is 4.88. The van der Waals surface area contributed by atoms with E-state index in [9.17, 15) is 4.79 Å². The van der Waals surface area contributed by atoms with Crippen LogP contribution < -0.4 is 5.32 Å². The lowest BCUT2D eigenvalue weighted by molar-refractivity contribution is -0.138. The summed E-state index contributed by atoms with van der Waals surface area (Å²) in [6, 6.07) is 0.528. The van der Waals surface area contributed by atoms with Gasteiger partial charge in [0.1, 0.15) is 0 Å². The number of rotatable bonds is 7. The van der Waals surface area contributed by atoms with Gasteiger partial charge in [0.05, 0.1) is 6.61 Å². The highest BCUT2D eigenvalue weighted by atomic mass is 16.5. The molecule has 88 valence electrons. The highest BCUT2D eigenvalue weighted by molar-refractivity contribution is 5.87. The molecular weight excluding hydrogens is 190 g/mol. The summed E-state index contributed by atoms with van der Waals surface area (Å²) in [5, 5.41) is 3.33. The van der Waals surface area contributed by atoms with Gasteiger partial charge in [0, 0.05) is 11.6 Å². The number of carbonyl (C=O) groups is 1. The van der Waals surface area contributed by atoms with Gasteiger partial charge in [0.25, 0.3) is 0 Å². The molecule has 0 saturated carbocycles. The van der Waals surface area contributed by atoms with Gasteiger partial charge in [-0.3, -0.25) is 0 Å². The van der Waals surface area contributed by atoms with Crippen LogP contribution in [-0.4, -0.2) is 25.2 Å². The average molecular weight is 213 g/mol. The number of nitrogens with one attached hydrogen (secondary N) is 1. The molecule has 3 nitrogen and oxygen atoms in total. The Morgan fingerprint density at radius 3 is 2.67 bits per heavy atom. The highest BCUT2D eigenvalue weighted by Gasteiger charge is 2.02. The largest absolute Gasteiger partial charge is 0.463 e. The van der Waals surface area contributed by atoms with Crippen LogP contribution in [0.1, 0.15) is 40.5 Å². The highest BCUT2D eigenvalue weighted by Crippen LogP contribution is 2.00. The number of esters is 1. The molecule has 0 bridgehead atoms. The second-order valence-electron chi connectivity index (χ2n) is 3.86. The zero-order valence-electron chi connectivity index (χ0n) is 10.3. The average Bonchev–Trinajstić information content (AvgIpc) is 2.16. The monoisotopic (exact) mass is 213 g/mol. The predicted octanol–water partition coefficient (Wildman–Crippen LogP) is 2.27. The lowest BCUT2D eigenvalue weighted by Crippen LogP contribution is -2.23. The van der Waals surface area contributed by atoms with Crippen LogP contribution in [0.3, 0.4) is 0 Å². The van der Waals surface area contributed by atoms with Gasteiger partial charge in [0.2, 0.25) is 0 Å². The van der Waals surface area contributed by atoms with Gasteiger partial charge in [-0.15, -0.1) is 0 Å². The Bertz CT molecular complexity index is 210. The van der Waals surface area contributed by atoms with Crippen molar-refractivity contribution in [1.82, 2.24) is 5.32 Å². The molecule has 0 rings (SSSR count). The van der Waals surface area contributed by atoms with E-state index >= 15 is 0 Å². The molecule has 0 aliphatic rings. The van der Waals surface area contributed by atoms with E-state index < -0.39 is 0 Å². The number of ether oxygens (including phenoxy) is 1. The lowest BCUT2D eigenvalue weighted by atomic mass is 10.2. The predicted molar refractivity (Wildman–Crippen MR) is 62.8 cm³/mol. The quantitative estimate of drug-likeness (QED) is 0.400. The summed E-state index contributed by atoms with van der Waals surface area (Å²) in [5.74, 6) is -0.200. The number of hydrogen-bond acceptors (Lipinski definition) is 3. The van der Waals surface area contributed by atoms with Crippen LogP contribution in [0.2, 0.25) is 0 Å². The first-order chi connectivity index (χ1) is 7.07. The first-order valence-electron chi connectivity index (χ1n) is 5.65. The molecule has 0 saturated heterocycles. The first-order valence-corrected chi connectivity index (χ1v) is 5.65. The van der Waals surface area contributed by atoms with E-state index in [-0.39, 0.29) is 5.97 Å². The zero-order chi connectivity index (χ0) is 11.7. The van der Waals surface area contributed by atoms with E-state index in [0.29, 0.717) is 18.2 Å². The summed E-state index contributed by atoms with van der Waals surface area (Å²) >= 11 is 0. The normalized spacial score (nSPS) is 11.9. The third kappa shape index (κ3) is 8.18. The Hall–Kier alpha value is -0.830. The number of hydrogen-bond donors (Lipinski definition) is 1. The molecule has 0 atom stereocenters. The summed E-state index contributed by atoms with van der Waals surface area (Å²) in [7, 11) is 0. The summed E-state index contributed by atoms with van der Waals surface area (Å²) in [5.41, 5.74) is 0.710. The fourth-order valence-corrected chi connectivity index (χ4v) is 1.14. The molecule has 1 N–H and O–H groups in total. The summed E-state index contributed by atoms with van der Waals surface area (Å²) in [6.07, 6.45) is 3.92. The fourth-order valence-electron chi connectivity index (χ4n) is 1.14. The smallest absolute Gasteiger partial charge is 0.333 e. The van der Waals surface area contributed by atoms with E-state index in [1.807, 2.05) is 13.0 Å². The van der Waals surface area contributed by atoms with Gasteiger partial charge in [-0.25, -0.2) is 4.79 Å². The van der Waals surface area contributed by atoms with Crippen molar-refractivity contribution >= 4 is 5.97 Å². The molecule has 0 aliphatic carbocycles. The molecule has 15 heavy (non-hydrogen) atoms. The maximum Gasteiger partial charge on any atom is 0.333 e. The van der Waals surface area contributed by atoms with Crippen LogP contribution in [0.15, 0.2) is 11.6 Å². The van der Waals surface area contributed by atoms with Crippen molar-refractivity contribution in [2.24, 2.45) is 0 Å². The van der Waals surface area contributed by atoms with Gasteiger partial charge in [-0.05, 0) is 33.2 Å². The van der Waals surface area contributed by atoms with E-state index in [0.717, 1.165) is 19.4 Å². The number of unbranched alkanes of at least 4 members (excludes halogenated alkanes) is 1. The Kier molecular flexibility index (Phi) is 8.01. The van der Waals surface area contributed by atoms with Crippen molar-refractivity contribution in [3.05, 3.63) is 11.6 Å². The molecule has 0 spiro atoms. The second-order valence-corrected chi connectivity index (χ2v) is 3.86. The standard InChI is InChI=1S/C12H23NO2/c1-5-15-12(14)11(4)8-6-7-9-13-10(2)3/h8,10,13H,5-7,9H2,1-4H3. The molecule has 3 heteroatoms. The topological polar surface area (TPSA) is 38.3 Å². The van der Waals surface area contributed by atoms with Gasteiger partial charge in [-0.1, -0.05) is 19.9 Å². The van der Waals surface area contributed by atoms with Gasteiger partial charge in [0.15, 0.2) is 0 Å². The van der Waals surface area contributed by atoms with Crippen LogP contribution in [0.25, 0.3) is 0 Å². The second kappa shape index (κ2) is 8.48. The molecule has 0 amide bonds. The molecule has 0 unspecified atom stereocenters. The van der Waals surface area contributed by atoms with Crippen LogP contribution in [0.5, 0.6) is 0 Å². The third-order valence-corrected chi connectivity index (χ3v) is 1.98. The maximum absolute atomic E-state index is 11.2. The van der Waals surface area contributed by atoms with E-state index in [4.69, 9.17) is 4.74 Å². The molecular formula is C12H23NO2. The van der Waals surface area contributed by atoms with Crippen molar-refractivity contribution in [3.63, 3.8) is 0 Å². The van der Waals surface area contributed by atoms with Crippen LogP contribution >= 0.6 is 0 Å². The molecule has 0 aromatic carbocycles. The Balaban J connectivity index is 3.62. The van der Waals surface area contributed by atoms with Gasteiger partial charge < -0.3 is 10.1 Å². The maximum atomic E-state index is 11.2. The fraction of sp³-hybridized carbons (Fsp3) is 0.750. The molecule has 0 radical (unpaired) electrons. The molecule has 0 fully saturated rings. The Morgan fingerprint density at radius 2 is 2.13 bits per heavy atom. The van der Waals surface area contributed by atoms with E-state index in [1.165, 1.54) is 0 Å². The minimum atomic E-state index is -0.200. The molecule has 0 heterocycles. The van der Waals surface area contributed by atoms with Crippen molar-refractivity contribution < 1.29 is 9.53 Å². The zero-order valence-corrected chi connectivity index (χ0v) is 10.3. The van der Waals surface area contributed by atoms with Crippen LogP contribution in [-0.2, 0) is 9.53 Å². The van der Waals surface area contributed by atoms with Crippen LogP contribution in [0, 0.1) is 0 Å². The SMILES string of the molecule is CCOC(=O)C(C)=CCCCNC(C)C. The van der Waals surface area contributed by atoms with Crippen molar-refractivity contribution in [1.29, 1.82) is 0 Å². The van der Waals surface area contributed by atoms with Crippen LogP contribution in [0.4, 0.5) is 0 Å². The summed E-state index contributed by atoms with van der Waals surface area (Å²) in [6.45, 7) is 9.30. The number of allylic oxidation sites excluding steroid dienone is 1.